The summed E-state index contributed by atoms with van der Waals surface area (Å²) in [5.74, 6) is -1.52. The van der Waals surface area contributed by atoms with Gasteiger partial charge in [-0.2, -0.15) is 0 Å². The van der Waals surface area contributed by atoms with Crippen LogP contribution in [0.3, 0.4) is 0 Å². The summed E-state index contributed by atoms with van der Waals surface area (Å²) < 4.78 is -0.612. The molecule has 2 unspecified atom stereocenters. The minimum Gasteiger partial charge on any atom is -0.394 e. The number of likely N-dealkylation sites (tertiary alicyclic amines) is 1. The number of thioether (sulfide) groups is 1. The molecule has 8 heteroatoms. The summed E-state index contributed by atoms with van der Waals surface area (Å²) in [5, 5.41) is 15.9. The second-order valence-corrected chi connectivity index (χ2v) is 10.8. The first-order valence-corrected chi connectivity index (χ1v) is 12.6. The second-order valence-electron chi connectivity index (χ2n) is 9.19. The van der Waals surface area contributed by atoms with Crippen LogP contribution in [0.25, 0.3) is 0 Å². The number of hydrogen-bond donors (Lipinski definition) is 3. The molecular formula is C24H33N3O4S. The first-order chi connectivity index (χ1) is 15.4. The van der Waals surface area contributed by atoms with Gasteiger partial charge in [0.1, 0.15) is 6.04 Å². The van der Waals surface area contributed by atoms with Crippen molar-refractivity contribution in [3.05, 3.63) is 30.3 Å². The maximum absolute atomic E-state index is 13.7. The van der Waals surface area contributed by atoms with Crippen molar-refractivity contribution in [1.82, 2.24) is 10.2 Å². The quantitative estimate of drug-likeness (QED) is 0.493. The van der Waals surface area contributed by atoms with Crippen LogP contribution in [0.15, 0.2) is 30.3 Å². The van der Waals surface area contributed by atoms with E-state index >= 15 is 0 Å². The van der Waals surface area contributed by atoms with Crippen LogP contribution >= 0.6 is 11.8 Å². The van der Waals surface area contributed by atoms with E-state index in [1.165, 1.54) is 0 Å². The third-order valence-corrected chi connectivity index (χ3v) is 9.10. The van der Waals surface area contributed by atoms with Crippen molar-refractivity contribution < 1.29 is 19.5 Å². The van der Waals surface area contributed by atoms with Crippen LogP contribution in [0, 0.1) is 11.8 Å². The highest BCUT2D eigenvalue weighted by Crippen LogP contribution is 2.66. The van der Waals surface area contributed by atoms with Crippen LogP contribution in [0.1, 0.15) is 46.0 Å². The number of benzene rings is 1. The van der Waals surface area contributed by atoms with Crippen molar-refractivity contribution in [2.75, 3.05) is 18.5 Å². The largest absolute Gasteiger partial charge is 0.394 e. The van der Waals surface area contributed by atoms with Gasteiger partial charge in [0, 0.05) is 17.5 Å². The van der Waals surface area contributed by atoms with Gasteiger partial charge in [-0.15, -0.1) is 11.8 Å². The fourth-order valence-corrected chi connectivity index (χ4v) is 7.89. The van der Waals surface area contributed by atoms with E-state index in [1.54, 1.807) is 23.6 Å². The normalized spacial score (nSPS) is 31.5. The highest BCUT2D eigenvalue weighted by molar-refractivity contribution is 8.02. The number of aliphatic hydroxyl groups excluding tert-OH is 1. The topological polar surface area (TPSA) is 98.7 Å². The molecule has 0 aliphatic carbocycles. The summed E-state index contributed by atoms with van der Waals surface area (Å²) in [7, 11) is 0. The van der Waals surface area contributed by atoms with Gasteiger partial charge in [0.2, 0.25) is 17.7 Å². The fraction of sp³-hybridized carbons (Fsp3) is 0.625. The summed E-state index contributed by atoms with van der Waals surface area (Å²) in [6, 6.07) is 8.12. The molecule has 6 atom stereocenters. The average molecular weight is 460 g/mol. The van der Waals surface area contributed by atoms with Crippen LogP contribution in [-0.2, 0) is 14.4 Å². The van der Waals surface area contributed by atoms with Gasteiger partial charge in [-0.25, -0.2) is 0 Å². The van der Waals surface area contributed by atoms with Crippen molar-refractivity contribution in [3.8, 4) is 0 Å². The van der Waals surface area contributed by atoms with E-state index < -0.39 is 28.7 Å². The maximum Gasteiger partial charge on any atom is 0.244 e. The van der Waals surface area contributed by atoms with Crippen LogP contribution in [-0.4, -0.2) is 63.0 Å². The number of hydrogen-bond acceptors (Lipinski definition) is 5. The number of carbonyl (C=O) groups is 3. The Bertz CT molecular complexity index is 866. The van der Waals surface area contributed by atoms with Crippen molar-refractivity contribution in [1.29, 1.82) is 0 Å². The molecule has 0 radical (unpaired) electrons. The Morgan fingerprint density at radius 2 is 2.00 bits per heavy atom. The van der Waals surface area contributed by atoms with Gasteiger partial charge in [-0.1, -0.05) is 38.0 Å². The first kappa shape index (κ1) is 23.1. The Morgan fingerprint density at radius 1 is 1.25 bits per heavy atom. The summed E-state index contributed by atoms with van der Waals surface area (Å²) in [6.07, 6.45) is 4.53. The molecule has 3 aliphatic rings. The Balaban J connectivity index is 1.61. The predicted octanol–water partition coefficient (Wildman–Crippen LogP) is 2.40. The van der Waals surface area contributed by atoms with E-state index in [-0.39, 0.29) is 29.6 Å². The highest BCUT2D eigenvalue weighted by atomic mass is 32.2. The summed E-state index contributed by atoms with van der Waals surface area (Å²) >= 11 is 1.65. The number of amides is 3. The molecule has 2 bridgehead atoms. The molecule has 7 nitrogen and oxygen atoms in total. The number of nitrogens with one attached hydrogen (secondary N) is 2. The fourth-order valence-electron chi connectivity index (χ4n) is 5.68. The lowest BCUT2D eigenvalue weighted by molar-refractivity contribution is -0.141. The van der Waals surface area contributed by atoms with E-state index in [4.69, 9.17) is 0 Å². The molecule has 0 saturated carbocycles. The maximum atomic E-state index is 13.7. The lowest BCUT2D eigenvalue weighted by Crippen LogP contribution is -2.56. The summed E-state index contributed by atoms with van der Waals surface area (Å²) in [5.41, 5.74) is 0.704. The van der Waals surface area contributed by atoms with Crippen molar-refractivity contribution in [3.63, 3.8) is 0 Å². The van der Waals surface area contributed by atoms with Crippen LogP contribution in [0.5, 0.6) is 0 Å². The van der Waals surface area contributed by atoms with Gasteiger partial charge in [-0.05, 0) is 38.3 Å². The number of para-hydroxylation sites is 1. The molecule has 4 rings (SSSR count). The molecule has 3 N–H and O–H groups in total. The van der Waals surface area contributed by atoms with Gasteiger partial charge in [0.05, 0.1) is 29.2 Å². The van der Waals surface area contributed by atoms with E-state index in [2.05, 4.69) is 17.6 Å². The molecule has 1 aromatic rings. The number of carbonyl (C=O) groups excluding carboxylic acids is 3. The minimum atomic E-state index is -0.659. The number of anilines is 1. The van der Waals surface area contributed by atoms with Crippen molar-refractivity contribution >= 4 is 35.2 Å². The van der Waals surface area contributed by atoms with Crippen LogP contribution in [0.2, 0.25) is 0 Å². The van der Waals surface area contributed by atoms with E-state index in [1.807, 2.05) is 30.3 Å². The molecule has 32 heavy (non-hydrogen) atoms. The van der Waals surface area contributed by atoms with Gasteiger partial charge in [0.25, 0.3) is 0 Å². The zero-order chi connectivity index (χ0) is 22.9. The highest BCUT2D eigenvalue weighted by Gasteiger charge is 2.73. The van der Waals surface area contributed by atoms with Gasteiger partial charge >= 0.3 is 0 Å². The predicted molar refractivity (Wildman–Crippen MR) is 125 cm³/mol. The molecule has 1 spiro atoms. The Morgan fingerprint density at radius 3 is 2.69 bits per heavy atom. The lowest BCUT2D eigenvalue weighted by atomic mass is 9.70. The number of aliphatic hydroxyl groups is 1. The van der Waals surface area contributed by atoms with Crippen molar-refractivity contribution in [2.24, 2.45) is 11.8 Å². The molecule has 3 saturated heterocycles. The van der Waals surface area contributed by atoms with Gasteiger partial charge in [0.15, 0.2) is 0 Å². The molecule has 1 aromatic carbocycles. The zero-order valence-corrected chi connectivity index (χ0v) is 19.6. The standard InChI is InChI=1S/C24H33N3O4S/c1-3-4-8-13-25-22(30)20-24-12-11-17(32-24)18(19(24)23(31)27(20)15(2)14-28)21(29)26-16-9-6-5-7-10-16/h5-7,9-10,15,17-20,28H,3-4,8,11-14H2,1-2H3,(H,25,30)(H,26,29)/t15-,17+,18-,19+,20?,24?/m1/s1. The summed E-state index contributed by atoms with van der Waals surface area (Å²) in [6.45, 7) is 4.23. The summed E-state index contributed by atoms with van der Waals surface area (Å²) in [4.78, 5) is 41.9. The number of nitrogens with zero attached hydrogens (tertiary/aromatic N) is 1. The van der Waals surface area contributed by atoms with Crippen LogP contribution < -0.4 is 10.6 Å². The molecule has 3 fully saturated rings. The Hall–Kier alpha value is -2.06. The van der Waals surface area contributed by atoms with Gasteiger partial charge < -0.3 is 20.6 Å². The average Bonchev–Trinajstić information content (AvgIpc) is 3.44. The minimum absolute atomic E-state index is 0.0228. The number of fused-ring (bicyclic) bond motifs is 1. The van der Waals surface area contributed by atoms with Crippen molar-refractivity contribution in [2.45, 2.75) is 68.0 Å². The number of rotatable bonds is 9. The van der Waals surface area contributed by atoms with Crippen LogP contribution in [0.4, 0.5) is 5.69 Å². The molecular weight excluding hydrogens is 426 g/mol. The lowest BCUT2D eigenvalue weighted by Gasteiger charge is -2.36. The molecule has 0 aromatic heterocycles. The molecule has 3 amide bonds. The SMILES string of the molecule is CCCCCNC(=O)C1N([C@H](C)CO)C(=O)[C@@H]2[C@H](C(=O)Nc3ccccc3)[C@@H]3CCC12S3. The van der Waals surface area contributed by atoms with E-state index in [0.717, 1.165) is 32.1 Å². The third kappa shape index (κ3) is 3.81. The third-order valence-electron chi connectivity index (χ3n) is 7.15. The smallest absolute Gasteiger partial charge is 0.244 e. The first-order valence-electron chi connectivity index (χ1n) is 11.7. The second kappa shape index (κ2) is 9.43. The Kier molecular flexibility index (Phi) is 6.81. The molecule has 3 aliphatic heterocycles. The van der Waals surface area contributed by atoms with E-state index in [9.17, 15) is 19.5 Å². The van der Waals surface area contributed by atoms with E-state index in [0.29, 0.717) is 12.2 Å². The molecule has 3 heterocycles. The zero-order valence-electron chi connectivity index (χ0n) is 18.8. The number of unbranched alkanes of at least 4 members (excludes halogenated alkanes) is 2. The Labute approximate surface area is 193 Å². The van der Waals surface area contributed by atoms with Gasteiger partial charge in [-0.3, -0.25) is 14.4 Å². The monoisotopic (exact) mass is 459 g/mol. The molecule has 174 valence electrons.